The van der Waals surface area contributed by atoms with Crippen LogP contribution in [0, 0.1) is 6.92 Å². The Hall–Kier alpha value is -2.60. The number of fused-ring (bicyclic) bond motifs is 2. The normalized spacial score (nSPS) is 15.9. The largest absolute Gasteiger partial charge is 0.384 e. The van der Waals surface area contributed by atoms with Gasteiger partial charge in [-0.05, 0) is 37.1 Å². The summed E-state index contributed by atoms with van der Waals surface area (Å²) in [5.74, 6) is 0.900. The highest BCUT2D eigenvalue weighted by atomic mass is 32.2. The molecule has 0 atom stereocenters. The third-order valence-corrected chi connectivity index (χ3v) is 6.93. The van der Waals surface area contributed by atoms with Crippen molar-refractivity contribution >= 4 is 32.2 Å². The SMILES string of the molecule is CCCNc1cc(N2CCS(=O)(=O)c3ccccc3C2)nc2ccc(C)cc12. The molecule has 0 amide bonds. The Labute approximate surface area is 166 Å². The van der Waals surface area contributed by atoms with Crippen molar-refractivity contribution in [2.45, 2.75) is 31.7 Å². The quantitative estimate of drug-likeness (QED) is 0.719. The van der Waals surface area contributed by atoms with E-state index in [1.54, 1.807) is 12.1 Å². The zero-order valence-corrected chi connectivity index (χ0v) is 17.1. The second kappa shape index (κ2) is 7.43. The second-order valence-electron chi connectivity index (χ2n) is 7.32. The molecular weight excluding hydrogens is 370 g/mol. The maximum atomic E-state index is 12.7. The van der Waals surface area contributed by atoms with E-state index >= 15 is 0 Å². The minimum Gasteiger partial charge on any atom is -0.384 e. The summed E-state index contributed by atoms with van der Waals surface area (Å²) >= 11 is 0. The molecule has 28 heavy (non-hydrogen) atoms. The molecule has 5 nitrogen and oxygen atoms in total. The van der Waals surface area contributed by atoms with Gasteiger partial charge in [-0.3, -0.25) is 0 Å². The molecular formula is C22H25N3O2S. The van der Waals surface area contributed by atoms with E-state index in [0.29, 0.717) is 18.0 Å². The number of hydrogen-bond acceptors (Lipinski definition) is 5. The number of aryl methyl sites for hydroxylation is 1. The number of anilines is 2. The second-order valence-corrected chi connectivity index (χ2v) is 9.40. The molecule has 6 heteroatoms. The van der Waals surface area contributed by atoms with Crippen molar-refractivity contribution in [3.63, 3.8) is 0 Å². The van der Waals surface area contributed by atoms with Crippen molar-refractivity contribution < 1.29 is 8.42 Å². The molecule has 1 aromatic heterocycles. The predicted octanol–water partition coefficient (Wildman–Crippen LogP) is 4.16. The molecule has 0 fully saturated rings. The standard InChI is InChI=1S/C22H25N3O2S/c1-3-10-23-20-14-22(24-19-9-8-16(2)13-18(19)20)25-11-12-28(26,27)21-7-5-4-6-17(21)15-25/h4-9,13-14H,3,10-12,15H2,1-2H3,(H,23,24). The molecule has 2 aromatic carbocycles. The van der Waals surface area contributed by atoms with Gasteiger partial charge in [-0.2, -0.15) is 0 Å². The first-order valence-electron chi connectivity index (χ1n) is 9.69. The van der Waals surface area contributed by atoms with Gasteiger partial charge in [0.1, 0.15) is 5.82 Å². The third-order valence-electron chi connectivity index (χ3n) is 5.14. The first kappa shape index (κ1) is 18.7. The van der Waals surface area contributed by atoms with Gasteiger partial charge in [0, 0.05) is 36.8 Å². The molecule has 1 aliphatic rings. The van der Waals surface area contributed by atoms with E-state index in [0.717, 1.165) is 40.9 Å². The highest BCUT2D eigenvalue weighted by Crippen LogP contribution is 2.31. The van der Waals surface area contributed by atoms with Crippen molar-refractivity contribution in [2.24, 2.45) is 0 Å². The highest BCUT2D eigenvalue weighted by Gasteiger charge is 2.26. The lowest BCUT2D eigenvalue weighted by atomic mass is 10.1. The van der Waals surface area contributed by atoms with Gasteiger partial charge in [0.25, 0.3) is 0 Å². The molecule has 0 bridgehead atoms. The van der Waals surface area contributed by atoms with E-state index in [-0.39, 0.29) is 5.75 Å². The van der Waals surface area contributed by atoms with E-state index in [1.807, 2.05) is 18.2 Å². The zero-order chi connectivity index (χ0) is 19.7. The fourth-order valence-corrected chi connectivity index (χ4v) is 5.15. The molecule has 2 heterocycles. The van der Waals surface area contributed by atoms with Crippen LogP contribution in [0.15, 0.2) is 53.4 Å². The summed E-state index contributed by atoms with van der Waals surface area (Å²) in [7, 11) is -3.28. The number of rotatable bonds is 4. The first-order valence-corrected chi connectivity index (χ1v) is 11.3. The van der Waals surface area contributed by atoms with Crippen molar-refractivity contribution in [1.82, 2.24) is 4.98 Å². The fourth-order valence-electron chi connectivity index (χ4n) is 3.65. The van der Waals surface area contributed by atoms with Gasteiger partial charge < -0.3 is 10.2 Å². The van der Waals surface area contributed by atoms with Crippen molar-refractivity contribution in [2.75, 3.05) is 29.1 Å². The Bertz CT molecular complexity index is 1130. The number of pyridine rings is 1. The van der Waals surface area contributed by atoms with Crippen LogP contribution in [0.2, 0.25) is 0 Å². The number of nitrogens with one attached hydrogen (secondary N) is 1. The summed E-state index contributed by atoms with van der Waals surface area (Å²) in [5, 5.41) is 4.61. The Morgan fingerprint density at radius 2 is 1.96 bits per heavy atom. The van der Waals surface area contributed by atoms with Gasteiger partial charge in [0.2, 0.25) is 0 Å². The number of hydrogen-bond donors (Lipinski definition) is 1. The van der Waals surface area contributed by atoms with Crippen LogP contribution in [0.25, 0.3) is 10.9 Å². The maximum Gasteiger partial charge on any atom is 0.180 e. The molecule has 1 aliphatic heterocycles. The lowest BCUT2D eigenvalue weighted by Crippen LogP contribution is -2.26. The summed E-state index contributed by atoms with van der Waals surface area (Å²) < 4.78 is 25.3. The highest BCUT2D eigenvalue weighted by molar-refractivity contribution is 7.91. The lowest BCUT2D eigenvalue weighted by Gasteiger charge is -2.23. The Balaban J connectivity index is 1.80. The van der Waals surface area contributed by atoms with E-state index in [1.165, 1.54) is 5.56 Å². The molecule has 0 unspecified atom stereocenters. The van der Waals surface area contributed by atoms with Gasteiger partial charge in [-0.15, -0.1) is 0 Å². The van der Waals surface area contributed by atoms with Crippen LogP contribution in [-0.2, 0) is 16.4 Å². The number of nitrogens with zero attached hydrogens (tertiary/aromatic N) is 2. The average molecular weight is 396 g/mol. The Morgan fingerprint density at radius 1 is 1.14 bits per heavy atom. The number of aromatic nitrogens is 1. The third kappa shape index (κ3) is 3.56. The van der Waals surface area contributed by atoms with Crippen LogP contribution >= 0.6 is 0 Å². The van der Waals surface area contributed by atoms with Crippen LogP contribution in [0.3, 0.4) is 0 Å². The topological polar surface area (TPSA) is 62.3 Å². The molecule has 1 N–H and O–H groups in total. The van der Waals surface area contributed by atoms with Crippen LogP contribution in [0.1, 0.15) is 24.5 Å². The van der Waals surface area contributed by atoms with Crippen LogP contribution in [-0.4, -0.2) is 32.2 Å². The number of benzene rings is 2. The summed E-state index contributed by atoms with van der Waals surface area (Å²) in [6.07, 6.45) is 1.03. The molecule has 0 aliphatic carbocycles. The van der Waals surface area contributed by atoms with Gasteiger partial charge in [0.05, 0.1) is 16.2 Å². The van der Waals surface area contributed by atoms with Gasteiger partial charge >= 0.3 is 0 Å². The molecule has 0 saturated carbocycles. The monoisotopic (exact) mass is 395 g/mol. The van der Waals surface area contributed by atoms with Crippen LogP contribution < -0.4 is 10.2 Å². The van der Waals surface area contributed by atoms with Gasteiger partial charge in [-0.1, -0.05) is 36.8 Å². The van der Waals surface area contributed by atoms with E-state index in [2.05, 4.69) is 42.3 Å². The minimum absolute atomic E-state index is 0.0926. The van der Waals surface area contributed by atoms with Gasteiger partial charge in [0.15, 0.2) is 9.84 Å². The lowest BCUT2D eigenvalue weighted by molar-refractivity contribution is 0.596. The summed E-state index contributed by atoms with van der Waals surface area (Å²) in [6.45, 7) is 6.05. The minimum atomic E-state index is -3.28. The van der Waals surface area contributed by atoms with Crippen LogP contribution in [0.4, 0.5) is 11.5 Å². The van der Waals surface area contributed by atoms with E-state index < -0.39 is 9.84 Å². The molecule has 4 rings (SSSR count). The van der Waals surface area contributed by atoms with Crippen molar-refractivity contribution in [1.29, 1.82) is 0 Å². The predicted molar refractivity (Wildman–Crippen MR) is 115 cm³/mol. The Kier molecular flexibility index (Phi) is 4.98. The van der Waals surface area contributed by atoms with E-state index in [4.69, 9.17) is 4.98 Å². The summed E-state index contributed by atoms with van der Waals surface area (Å²) in [5.41, 5.74) is 3.98. The van der Waals surface area contributed by atoms with Gasteiger partial charge in [-0.25, -0.2) is 13.4 Å². The zero-order valence-electron chi connectivity index (χ0n) is 16.3. The molecule has 146 valence electrons. The average Bonchev–Trinajstić information content (AvgIpc) is 2.82. The fraction of sp³-hybridized carbons (Fsp3) is 0.318. The summed E-state index contributed by atoms with van der Waals surface area (Å²) in [6, 6.07) is 15.6. The van der Waals surface area contributed by atoms with Crippen LogP contribution in [0.5, 0.6) is 0 Å². The molecule has 0 radical (unpaired) electrons. The Morgan fingerprint density at radius 3 is 2.79 bits per heavy atom. The summed E-state index contributed by atoms with van der Waals surface area (Å²) in [4.78, 5) is 7.37. The van der Waals surface area contributed by atoms with Crippen molar-refractivity contribution in [3.05, 3.63) is 59.7 Å². The smallest absolute Gasteiger partial charge is 0.180 e. The first-order chi connectivity index (χ1) is 13.5. The number of sulfone groups is 1. The molecule has 3 aromatic rings. The molecule has 0 saturated heterocycles. The van der Waals surface area contributed by atoms with Crippen molar-refractivity contribution in [3.8, 4) is 0 Å². The van der Waals surface area contributed by atoms with E-state index in [9.17, 15) is 8.42 Å². The maximum absolute atomic E-state index is 12.7. The molecule has 0 spiro atoms.